The standard InChI is InChI=1S/C9H22N2O3S/c1-8(7-14-5)11(4)15(12,13)9(2)6-10-3/h8-10H,6-7H2,1-5H3. The summed E-state index contributed by atoms with van der Waals surface area (Å²) >= 11 is 0. The van der Waals surface area contributed by atoms with Crippen LogP contribution >= 0.6 is 0 Å². The molecule has 0 bridgehead atoms. The van der Waals surface area contributed by atoms with Gasteiger partial charge in [-0.1, -0.05) is 0 Å². The molecule has 2 unspecified atom stereocenters. The SMILES string of the molecule is CNCC(C)S(=O)(=O)N(C)C(C)COC. The Labute approximate surface area is 92.8 Å². The van der Waals surface area contributed by atoms with Crippen LogP contribution in [0.1, 0.15) is 13.8 Å². The van der Waals surface area contributed by atoms with E-state index < -0.39 is 15.3 Å². The predicted molar refractivity (Wildman–Crippen MR) is 61.4 cm³/mol. The van der Waals surface area contributed by atoms with Crippen LogP contribution in [0.25, 0.3) is 0 Å². The first-order valence-electron chi connectivity index (χ1n) is 4.98. The molecule has 5 nitrogen and oxygen atoms in total. The topological polar surface area (TPSA) is 58.6 Å². The number of hydrogen-bond acceptors (Lipinski definition) is 4. The highest BCUT2D eigenvalue weighted by molar-refractivity contribution is 7.89. The fraction of sp³-hybridized carbons (Fsp3) is 1.00. The monoisotopic (exact) mass is 238 g/mol. The van der Waals surface area contributed by atoms with Crippen LogP contribution in [0.4, 0.5) is 0 Å². The molecule has 0 aliphatic carbocycles. The van der Waals surface area contributed by atoms with Crippen molar-refractivity contribution >= 4 is 10.0 Å². The van der Waals surface area contributed by atoms with Crippen molar-refractivity contribution < 1.29 is 13.2 Å². The smallest absolute Gasteiger partial charge is 0.218 e. The molecular formula is C9H22N2O3S. The van der Waals surface area contributed by atoms with E-state index in [1.807, 2.05) is 6.92 Å². The Balaban J connectivity index is 4.57. The van der Waals surface area contributed by atoms with Gasteiger partial charge in [-0.2, -0.15) is 4.31 Å². The zero-order valence-electron chi connectivity index (χ0n) is 10.1. The molecule has 0 rings (SSSR count). The van der Waals surface area contributed by atoms with Gasteiger partial charge in [0.05, 0.1) is 11.9 Å². The summed E-state index contributed by atoms with van der Waals surface area (Å²) in [6.07, 6.45) is 0. The van der Waals surface area contributed by atoms with E-state index in [-0.39, 0.29) is 6.04 Å². The molecule has 0 heterocycles. The average molecular weight is 238 g/mol. The molecule has 0 saturated heterocycles. The highest BCUT2D eigenvalue weighted by Gasteiger charge is 2.28. The third-order valence-corrected chi connectivity index (χ3v) is 4.78. The summed E-state index contributed by atoms with van der Waals surface area (Å²) in [7, 11) is 1.66. The van der Waals surface area contributed by atoms with Gasteiger partial charge in [-0.15, -0.1) is 0 Å². The largest absolute Gasteiger partial charge is 0.383 e. The van der Waals surface area contributed by atoms with E-state index >= 15 is 0 Å². The van der Waals surface area contributed by atoms with Crippen molar-refractivity contribution in [2.75, 3.05) is 34.4 Å². The van der Waals surface area contributed by atoms with Crippen molar-refractivity contribution in [1.82, 2.24) is 9.62 Å². The maximum atomic E-state index is 12.0. The van der Waals surface area contributed by atoms with Crippen LogP contribution in [-0.2, 0) is 14.8 Å². The predicted octanol–water partition coefficient (Wildman–Crippen LogP) is -0.109. The lowest BCUT2D eigenvalue weighted by Crippen LogP contribution is -2.44. The molecule has 0 aromatic rings. The lowest BCUT2D eigenvalue weighted by atomic mass is 10.4. The van der Waals surface area contributed by atoms with Gasteiger partial charge in [0.2, 0.25) is 10.0 Å². The Bertz CT molecular complexity index is 267. The van der Waals surface area contributed by atoms with Gasteiger partial charge < -0.3 is 10.1 Å². The molecule has 92 valence electrons. The zero-order chi connectivity index (χ0) is 12.1. The van der Waals surface area contributed by atoms with E-state index in [2.05, 4.69) is 5.32 Å². The molecular weight excluding hydrogens is 216 g/mol. The Morgan fingerprint density at radius 3 is 2.33 bits per heavy atom. The van der Waals surface area contributed by atoms with Gasteiger partial charge in [-0.3, -0.25) is 0 Å². The van der Waals surface area contributed by atoms with Crippen LogP contribution in [0.5, 0.6) is 0 Å². The molecule has 0 aromatic carbocycles. The third-order valence-electron chi connectivity index (χ3n) is 2.43. The van der Waals surface area contributed by atoms with Gasteiger partial charge in [-0.05, 0) is 20.9 Å². The summed E-state index contributed by atoms with van der Waals surface area (Å²) in [5.74, 6) is 0. The first-order chi connectivity index (χ1) is 6.87. The minimum Gasteiger partial charge on any atom is -0.383 e. The molecule has 6 heteroatoms. The van der Waals surface area contributed by atoms with Gasteiger partial charge in [0.15, 0.2) is 0 Å². The van der Waals surface area contributed by atoms with Crippen molar-refractivity contribution in [1.29, 1.82) is 0 Å². The van der Waals surface area contributed by atoms with Gasteiger partial charge >= 0.3 is 0 Å². The summed E-state index contributed by atoms with van der Waals surface area (Å²) < 4.78 is 30.2. The maximum absolute atomic E-state index is 12.0. The third kappa shape index (κ3) is 4.06. The summed E-state index contributed by atoms with van der Waals surface area (Å²) in [6, 6.07) is -0.140. The summed E-state index contributed by atoms with van der Waals surface area (Å²) in [5.41, 5.74) is 0. The van der Waals surface area contributed by atoms with Gasteiger partial charge in [0.25, 0.3) is 0 Å². The fourth-order valence-electron chi connectivity index (χ4n) is 1.27. The summed E-state index contributed by atoms with van der Waals surface area (Å²) in [6.45, 7) is 4.38. The molecule has 15 heavy (non-hydrogen) atoms. The first kappa shape index (κ1) is 14.8. The van der Waals surface area contributed by atoms with E-state index in [0.29, 0.717) is 13.2 Å². The van der Waals surface area contributed by atoms with Crippen LogP contribution in [0.3, 0.4) is 0 Å². The van der Waals surface area contributed by atoms with Crippen molar-refractivity contribution in [3.63, 3.8) is 0 Å². The number of rotatable bonds is 7. The Kier molecular flexibility index (Phi) is 6.35. The van der Waals surface area contributed by atoms with Crippen LogP contribution in [0.15, 0.2) is 0 Å². The lowest BCUT2D eigenvalue weighted by molar-refractivity contribution is 0.149. The number of ether oxygens (including phenoxy) is 1. The van der Waals surface area contributed by atoms with Gasteiger partial charge in [0.1, 0.15) is 0 Å². The van der Waals surface area contributed by atoms with E-state index in [0.717, 1.165) is 0 Å². The number of hydrogen-bond donors (Lipinski definition) is 1. The number of nitrogens with one attached hydrogen (secondary N) is 1. The van der Waals surface area contributed by atoms with E-state index in [4.69, 9.17) is 4.74 Å². The van der Waals surface area contributed by atoms with Crippen LogP contribution in [-0.4, -0.2) is 58.4 Å². The Morgan fingerprint density at radius 2 is 1.93 bits per heavy atom. The van der Waals surface area contributed by atoms with Gasteiger partial charge in [0, 0.05) is 26.7 Å². The maximum Gasteiger partial charge on any atom is 0.218 e. The summed E-state index contributed by atoms with van der Waals surface area (Å²) in [5, 5.41) is 2.44. The highest BCUT2D eigenvalue weighted by atomic mass is 32.2. The molecule has 2 atom stereocenters. The molecule has 0 amide bonds. The molecule has 0 spiro atoms. The lowest BCUT2D eigenvalue weighted by Gasteiger charge is -2.26. The Morgan fingerprint density at radius 1 is 1.40 bits per heavy atom. The second kappa shape index (κ2) is 6.42. The van der Waals surface area contributed by atoms with Crippen LogP contribution in [0.2, 0.25) is 0 Å². The van der Waals surface area contributed by atoms with Crippen molar-refractivity contribution in [2.24, 2.45) is 0 Å². The van der Waals surface area contributed by atoms with Crippen molar-refractivity contribution in [2.45, 2.75) is 25.1 Å². The minimum absolute atomic E-state index is 0.140. The van der Waals surface area contributed by atoms with Crippen molar-refractivity contribution in [3.8, 4) is 0 Å². The number of methoxy groups -OCH3 is 1. The quantitative estimate of drug-likeness (QED) is 0.672. The molecule has 0 fully saturated rings. The molecule has 0 aromatic heterocycles. The first-order valence-corrected chi connectivity index (χ1v) is 6.48. The molecule has 0 aliphatic heterocycles. The van der Waals surface area contributed by atoms with Crippen LogP contribution < -0.4 is 5.32 Å². The number of nitrogens with zero attached hydrogens (tertiary/aromatic N) is 1. The van der Waals surface area contributed by atoms with E-state index in [9.17, 15) is 8.42 Å². The minimum atomic E-state index is -3.23. The number of sulfonamides is 1. The molecule has 0 radical (unpaired) electrons. The summed E-state index contributed by atoms with van der Waals surface area (Å²) in [4.78, 5) is 0. The van der Waals surface area contributed by atoms with Crippen LogP contribution in [0, 0.1) is 0 Å². The van der Waals surface area contributed by atoms with E-state index in [1.54, 1.807) is 28.1 Å². The number of likely N-dealkylation sites (N-methyl/N-ethyl adjacent to an activating group) is 1. The average Bonchev–Trinajstić information content (AvgIpc) is 2.17. The highest BCUT2D eigenvalue weighted by Crippen LogP contribution is 2.10. The van der Waals surface area contributed by atoms with E-state index in [1.165, 1.54) is 4.31 Å². The molecule has 0 saturated carbocycles. The molecule has 1 N–H and O–H groups in total. The zero-order valence-corrected chi connectivity index (χ0v) is 11.0. The van der Waals surface area contributed by atoms with Gasteiger partial charge in [-0.25, -0.2) is 8.42 Å². The normalized spacial score (nSPS) is 16.7. The Hall–Kier alpha value is -0.170. The fourth-order valence-corrected chi connectivity index (χ4v) is 2.78. The van der Waals surface area contributed by atoms with Crippen molar-refractivity contribution in [3.05, 3.63) is 0 Å². The molecule has 0 aliphatic rings. The second-order valence-electron chi connectivity index (χ2n) is 3.73. The second-order valence-corrected chi connectivity index (χ2v) is 6.14.